The molecular formula is C19H29Cl2N3O2. The monoisotopic (exact) mass is 401 g/mol. The third-order valence-electron chi connectivity index (χ3n) is 4.19. The number of benzene rings is 1. The summed E-state index contributed by atoms with van der Waals surface area (Å²) in [5.41, 5.74) is 1.09. The number of rotatable bonds is 8. The van der Waals surface area contributed by atoms with Crippen LogP contribution in [0.3, 0.4) is 0 Å². The number of guanidine groups is 1. The topological polar surface area (TPSA) is 46.1 Å². The molecule has 0 unspecified atom stereocenters. The molecule has 1 aliphatic rings. The molecule has 0 aliphatic carbocycles. The van der Waals surface area contributed by atoms with Crippen LogP contribution in [0.25, 0.3) is 0 Å². The molecule has 26 heavy (non-hydrogen) atoms. The normalized spacial score (nSPS) is 15.9. The molecule has 0 saturated carbocycles. The third kappa shape index (κ3) is 7.31. The molecule has 2 rings (SSSR count). The SMILES string of the molecule is CCNC(=NCCCOC1CCOCC1)N(C)Cc1ccc(Cl)c(Cl)c1. The number of aliphatic imine (C=N–C) groups is 1. The number of nitrogens with one attached hydrogen (secondary N) is 1. The van der Waals surface area contributed by atoms with Crippen LogP contribution < -0.4 is 5.32 Å². The summed E-state index contributed by atoms with van der Waals surface area (Å²) in [6.45, 7) is 6.70. The van der Waals surface area contributed by atoms with Crippen molar-refractivity contribution in [1.29, 1.82) is 0 Å². The van der Waals surface area contributed by atoms with E-state index in [1.165, 1.54) is 0 Å². The van der Waals surface area contributed by atoms with Crippen molar-refractivity contribution < 1.29 is 9.47 Å². The second-order valence-corrected chi connectivity index (χ2v) is 7.19. The van der Waals surface area contributed by atoms with Crippen molar-refractivity contribution in [3.63, 3.8) is 0 Å². The molecular weight excluding hydrogens is 373 g/mol. The van der Waals surface area contributed by atoms with Crippen molar-refractivity contribution in [2.45, 2.75) is 38.8 Å². The van der Waals surface area contributed by atoms with Gasteiger partial charge in [0.05, 0.1) is 16.1 Å². The Labute approximate surface area is 166 Å². The Balaban J connectivity index is 1.79. The minimum Gasteiger partial charge on any atom is -0.381 e. The van der Waals surface area contributed by atoms with E-state index in [4.69, 9.17) is 37.7 Å². The van der Waals surface area contributed by atoms with E-state index in [1.807, 2.05) is 25.2 Å². The Bertz CT molecular complexity index is 578. The highest BCUT2D eigenvalue weighted by molar-refractivity contribution is 6.42. The minimum absolute atomic E-state index is 0.346. The van der Waals surface area contributed by atoms with E-state index in [0.29, 0.717) is 22.7 Å². The molecule has 0 spiro atoms. The summed E-state index contributed by atoms with van der Waals surface area (Å²) in [6, 6.07) is 5.70. The van der Waals surface area contributed by atoms with Gasteiger partial charge in [-0.05, 0) is 43.9 Å². The summed E-state index contributed by atoms with van der Waals surface area (Å²) in [7, 11) is 2.02. The zero-order valence-corrected chi connectivity index (χ0v) is 17.2. The van der Waals surface area contributed by atoms with Crippen LogP contribution in [0, 0.1) is 0 Å². The fourth-order valence-electron chi connectivity index (χ4n) is 2.80. The summed E-state index contributed by atoms with van der Waals surface area (Å²) in [5, 5.41) is 4.47. The lowest BCUT2D eigenvalue weighted by Crippen LogP contribution is -2.38. The quantitative estimate of drug-likeness (QED) is 0.406. The molecule has 1 aliphatic heterocycles. The average molecular weight is 402 g/mol. The fraction of sp³-hybridized carbons (Fsp3) is 0.632. The summed E-state index contributed by atoms with van der Waals surface area (Å²) in [5.74, 6) is 0.879. The molecule has 1 heterocycles. The Morgan fingerprint density at radius 3 is 2.77 bits per heavy atom. The van der Waals surface area contributed by atoms with Crippen LogP contribution in [-0.4, -0.2) is 56.9 Å². The van der Waals surface area contributed by atoms with Crippen LogP contribution in [0.1, 0.15) is 31.7 Å². The summed E-state index contributed by atoms with van der Waals surface area (Å²) < 4.78 is 11.2. The average Bonchev–Trinajstić information content (AvgIpc) is 2.64. The Hall–Kier alpha value is -1.01. The van der Waals surface area contributed by atoms with E-state index in [0.717, 1.165) is 63.7 Å². The first-order chi connectivity index (χ1) is 12.6. The molecule has 1 fully saturated rings. The minimum atomic E-state index is 0.346. The van der Waals surface area contributed by atoms with Gasteiger partial charge >= 0.3 is 0 Å². The highest BCUT2D eigenvalue weighted by atomic mass is 35.5. The number of ether oxygens (including phenoxy) is 2. The number of hydrogen-bond acceptors (Lipinski definition) is 3. The maximum absolute atomic E-state index is 6.10. The van der Waals surface area contributed by atoms with Crippen LogP contribution >= 0.6 is 23.2 Å². The van der Waals surface area contributed by atoms with Gasteiger partial charge in [-0.25, -0.2) is 0 Å². The van der Waals surface area contributed by atoms with Gasteiger partial charge in [0.1, 0.15) is 0 Å². The molecule has 1 saturated heterocycles. The van der Waals surface area contributed by atoms with E-state index in [-0.39, 0.29) is 0 Å². The standard InChI is InChI=1S/C19H29Cl2N3O2/c1-3-22-19(23-9-4-10-26-16-7-11-25-12-8-16)24(2)14-15-5-6-17(20)18(21)13-15/h5-6,13,16H,3-4,7-12,14H2,1-2H3,(H,22,23). The van der Waals surface area contributed by atoms with Gasteiger partial charge in [0.15, 0.2) is 5.96 Å². The van der Waals surface area contributed by atoms with Gasteiger partial charge in [-0.3, -0.25) is 4.99 Å². The largest absolute Gasteiger partial charge is 0.381 e. The number of halogens is 2. The molecule has 1 aromatic rings. The van der Waals surface area contributed by atoms with E-state index in [1.54, 1.807) is 0 Å². The van der Waals surface area contributed by atoms with Gasteiger partial charge in [0.2, 0.25) is 0 Å². The van der Waals surface area contributed by atoms with Gasteiger partial charge in [-0.15, -0.1) is 0 Å². The van der Waals surface area contributed by atoms with Gasteiger partial charge in [-0.2, -0.15) is 0 Å². The highest BCUT2D eigenvalue weighted by Crippen LogP contribution is 2.23. The fourth-order valence-corrected chi connectivity index (χ4v) is 3.12. The van der Waals surface area contributed by atoms with E-state index < -0.39 is 0 Å². The van der Waals surface area contributed by atoms with Crippen molar-refractivity contribution in [3.8, 4) is 0 Å². The predicted octanol–water partition coefficient (Wildman–Crippen LogP) is 3.98. The van der Waals surface area contributed by atoms with E-state index in [2.05, 4.69) is 17.1 Å². The van der Waals surface area contributed by atoms with Crippen molar-refractivity contribution in [1.82, 2.24) is 10.2 Å². The van der Waals surface area contributed by atoms with Crippen LogP contribution in [0.15, 0.2) is 23.2 Å². The van der Waals surface area contributed by atoms with E-state index >= 15 is 0 Å². The maximum atomic E-state index is 6.10. The van der Waals surface area contributed by atoms with Crippen molar-refractivity contribution in [3.05, 3.63) is 33.8 Å². The first-order valence-corrected chi connectivity index (χ1v) is 9.98. The highest BCUT2D eigenvalue weighted by Gasteiger charge is 2.13. The van der Waals surface area contributed by atoms with Crippen molar-refractivity contribution in [2.24, 2.45) is 4.99 Å². The maximum Gasteiger partial charge on any atom is 0.193 e. The van der Waals surface area contributed by atoms with Crippen LogP contribution in [0.2, 0.25) is 10.0 Å². The molecule has 0 bridgehead atoms. The number of hydrogen-bond donors (Lipinski definition) is 1. The summed E-state index contributed by atoms with van der Waals surface area (Å²) >= 11 is 12.1. The second kappa shape index (κ2) is 11.7. The van der Waals surface area contributed by atoms with Crippen molar-refractivity contribution >= 4 is 29.2 Å². The number of nitrogens with zero attached hydrogens (tertiary/aromatic N) is 2. The molecule has 0 atom stereocenters. The molecule has 146 valence electrons. The molecule has 0 aromatic heterocycles. The van der Waals surface area contributed by atoms with Gasteiger partial charge < -0.3 is 19.7 Å². The van der Waals surface area contributed by atoms with Crippen LogP contribution in [0.5, 0.6) is 0 Å². The Morgan fingerprint density at radius 2 is 2.08 bits per heavy atom. The zero-order chi connectivity index (χ0) is 18.8. The summed E-state index contributed by atoms with van der Waals surface area (Å²) in [6.07, 6.45) is 3.25. The second-order valence-electron chi connectivity index (χ2n) is 6.38. The Morgan fingerprint density at radius 1 is 1.31 bits per heavy atom. The predicted molar refractivity (Wildman–Crippen MR) is 108 cm³/mol. The molecule has 1 N–H and O–H groups in total. The zero-order valence-electron chi connectivity index (χ0n) is 15.6. The molecule has 5 nitrogen and oxygen atoms in total. The van der Waals surface area contributed by atoms with E-state index in [9.17, 15) is 0 Å². The lowest BCUT2D eigenvalue weighted by molar-refractivity contribution is -0.0318. The van der Waals surface area contributed by atoms with Crippen LogP contribution in [-0.2, 0) is 16.0 Å². The summed E-state index contributed by atoms with van der Waals surface area (Å²) in [4.78, 5) is 6.79. The van der Waals surface area contributed by atoms with Gasteiger partial charge in [-0.1, -0.05) is 29.3 Å². The first-order valence-electron chi connectivity index (χ1n) is 9.23. The third-order valence-corrected chi connectivity index (χ3v) is 4.93. The molecule has 0 amide bonds. The smallest absolute Gasteiger partial charge is 0.193 e. The Kier molecular flexibility index (Phi) is 9.54. The lowest BCUT2D eigenvalue weighted by Gasteiger charge is -2.23. The molecule has 1 aromatic carbocycles. The van der Waals surface area contributed by atoms with Gasteiger partial charge in [0.25, 0.3) is 0 Å². The van der Waals surface area contributed by atoms with Crippen molar-refractivity contribution in [2.75, 3.05) is 40.0 Å². The van der Waals surface area contributed by atoms with Crippen LogP contribution in [0.4, 0.5) is 0 Å². The van der Waals surface area contributed by atoms with Gasteiger partial charge in [0, 0.05) is 46.5 Å². The lowest BCUT2D eigenvalue weighted by atomic mass is 10.1. The first kappa shape index (κ1) is 21.3. The molecule has 0 radical (unpaired) electrons. The molecule has 7 heteroatoms.